The fourth-order valence-electron chi connectivity index (χ4n) is 1.36. The van der Waals surface area contributed by atoms with Crippen LogP contribution >= 0.6 is 0 Å². The molecule has 0 unspecified atom stereocenters. The maximum absolute atomic E-state index is 8.90. The third-order valence-corrected chi connectivity index (χ3v) is 2.09. The molecule has 1 aromatic carbocycles. The Bertz CT molecular complexity index is 367. The topological polar surface area (TPSA) is 51.5 Å². The number of hydrogen-bond acceptors (Lipinski definition) is 4. The Kier molecular flexibility index (Phi) is 6.08. The van der Waals surface area contributed by atoms with Crippen LogP contribution in [-0.2, 0) is 9.47 Å². The van der Waals surface area contributed by atoms with Gasteiger partial charge in [-0.2, -0.15) is 5.26 Å². The van der Waals surface area contributed by atoms with Crippen LogP contribution in [0.25, 0.3) is 0 Å². The molecule has 0 fully saturated rings. The zero-order chi connectivity index (χ0) is 12.5. The molecule has 0 saturated carbocycles. The van der Waals surface area contributed by atoms with Gasteiger partial charge in [-0.15, -0.1) is 0 Å². The Balaban J connectivity index is 2.56. The summed E-state index contributed by atoms with van der Waals surface area (Å²) in [6.45, 7) is 5.20. The summed E-state index contributed by atoms with van der Waals surface area (Å²) in [6, 6.07) is 9.17. The fraction of sp³-hybridized carbons (Fsp3) is 0.462. The molecule has 0 aromatic heterocycles. The molecule has 0 aliphatic carbocycles. The lowest BCUT2D eigenvalue weighted by atomic mass is 10.2. The van der Waals surface area contributed by atoms with E-state index in [-0.39, 0.29) is 6.61 Å². The quantitative estimate of drug-likeness (QED) is 0.681. The van der Waals surface area contributed by atoms with Gasteiger partial charge in [-0.1, -0.05) is 12.1 Å². The van der Waals surface area contributed by atoms with Gasteiger partial charge in [-0.05, 0) is 26.0 Å². The molecule has 0 heterocycles. The van der Waals surface area contributed by atoms with Gasteiger partial charge < -0.3 is 14.2 Å². The molecular weight excluding hydrogens is 218 g/mol. The third kappa shape index (κ3) is 4.43. The molecule has 0 radical (unpaired) electrons. The summed E-state index contributed by atoms with van der Waals surface area (Å²) in [4.78, 5) is 0. The lowest BCUT2D eigenvalue weighted by molar-refractivity contribution is -0.152. The van der Waals surface area contributed by atoms with E-state index in [1.165, 1.54) is 0 Å². The van der Waals surface area contributed by atoms with Crippen molar-refractivity contribution in [2.75, 3.05) is 19.8 Å². The van der Waals surface area contributed by atoms with Crippen LogP contribution < -0.4 is 4.74 Å². The normalized spacial score (nSPS) is 10.2. The van der Waals surface area contributed by atoms with Crippen molar-refractivity contribution in [3.05, 3.63) is 29.8 Å². The van der Waals surface area contributed by atoms with Crippen LogP contribution in [0.4, 0.5) is 0 Å². The highest BCUT2D eigenvalue weighted by Gasteiger charge is 2.10. The highest BCUT2D eigenvalue weighted by molar-refractivity contribution is 5.42. The SMILES string of the molecule is CCOC(COc1ccccc1C#N)OCC. The van der Waals surface area contributed by atoms with Gasteiger partial charge in [0.2, 0.25) is 0 Å². The monoisotopic (exact) mass is 235 g/mol. The minimum absolute atomic E-state index is 0.278. The summed E-state index contributed by atoms with van der Waals surface area (Å²) in [5.41, 5.74) is 0.513. The molecule has 92 valence electrons. The van der Waals surface area contributed by atoms with Crippen LogP contribution in [0.15, 0.2) is 24.3 Å². The first-order chi connectivity index (χ1) is 8.31. The van der Waals surface area contributed by atoms with Crippen molar-refractivity contribution in [3.63, 3.8) is 0 Å². The summed E-state index contributed by atoms with van der Waals surface area (Å²) in [5.74, 6) is 0.555. The molecule has 0 spiro atoms. The Morgan fingerprint density at radius 2 is 1.82 bits per heavy atom. The lowest BCUT2D eigenvalue weighted by Crippen LogP contribution is -2.25. The summed E-state index contributed by atoms with van der Waals surface area (Å²) >= 11 is 0. The van der Waals surface area contributed by atoms with E-state index in [2.05, 4.69) is 6.07 Å². The van der Waals surface area contributed by atoms with Crippen LogP contribution in [-0.4, -0.2) is 26.1 Å². The molecule has 17 heavy (non-hydrogen) atoms. The van der Waals surface area contributed by atoms with E-state index < -0.39 is 6.29 Å². The molecule has 0 bridgehead atoms. The summed E-state index contributed by atoms with van der Waals surface area (Å²) < 4.78 is 16.2. The van der Waals surface area contributed by atoms with Gasteiger partial charge in [-0.25, -0.2) is 0 Å². The second kappa shape index (κ2) is 7.66. The summed E-state index contributed by atoms with van der Waals surface area (Å²) in [5, 5.41) is 8.90. The van der Waals surface area contributed by atoms with Crippen LogP contribution in [0.3, 0.4) is 0 Å². The number of rotatable bonds is 7. The Morgan fingerprint density at radius 1 is 1.18 bits per heavy atom. The van der Waals surface area contributed by atoms with E-state index in [1.54, 1.807) is 18.2 Å². The average Bonchev–Trinajstić information content (AvgIpc) is 2.37. The van der Waals surface area contributed by atoms with E-state index >= 15 is 0 Å². The van der Waals surface area contributed by atoms with Crippen LogP contribution in [0.2, 0.25) is 0 Å². The molecule has 0 N–H and O–H groups in total. The molecule has 4 nitrogen and oxygen atoms in total. The van der Waals surface area contributed by atoms with Gasteiger partial charge in [0.25, 0.3) is 0 Å². The number of hydrogen-bond donors (Lipinski definition) is 0. The summed E-state index contributed by atoms with van der Waals surface area (Å²) in [7, 11) is 0. The van der Waals surface area contributed by atoms with Gasteiger partial charge in [0, 0.05) is 13.2 Å². The van der Waals surface area contributed by atoms with E-state index in [0.29, 0.717) is 24.5 Å². The van der Waals surface area contributed by atoms with Crippen molar-refractivity contribution >= 4 is 0 Å². The molecule has 1 rings (SSSR count). The molecule has 0 amide bonds. The van der Waals surface area contributed by atoms with Gasteiger partial charge in [-0.3, -0.25) is 0 Å². The number of benzene rings is 1. The molecule has 4 heteroatoms. The van der Waals surface area contributed by atoms with Crippen molar-refractivity contribution in [2.45, 2.75) is 20.1 Å². The Morgan fingerprint density at radius 3 is 2.41 bits per heavy atom. The second-order valence-corrected chi connectivity index (χ2v) is 3.26. The number of nitriles is 1. The zero-order valence-electron chi connectivity index (χ0n) is 10.2. The predicted octanol–water partition coefficient (Wildman–Crippen LogP) is 2.34. The average molecular weight is 235 g/mol. The highest BCUT2D eigenvalue weighted by atomic mass is 16.7. The maximum atomic E-state index is 8.90. The number of ether oxygens (including phenoxy) is 3. The molecule has 0 aliphatic heterocycles. The molecule has 0 saturated heterocycles. The second-order valence-electron chi connectivity index (χ2n) is 3.26. The first-order valence-corrected chi connectivity index (χ1v) is 5.66. The van der Waals surface area contributed by atoms with Crippen LogP contribution in [0.1, 0.15) is 19.4 Å². The smallest absolute Gasteiger partial charge is 0.191 e. The Hall–Kier alpha value is -1.57. The summed E-state index contributed by atoms with van der Waals surface area (Å²) in [6.07, 6.45) is -0.392. The predicted molar refractivity (Wildman–Crippen MR) is 63.7 cm³/mol. The van der Waals surface area contributed by atoms with Crippen LogP contribution in [0.5, 0.6) is 5.75 Å². The van der Waals surface area contributed by atoms with Crippen molar-refractivity contribution in [2.24, 2.45) is 0 Å². The van der Waals surface area contributed by atoms with E-state index in [9.17, 15) is 0 Å². The maximum Gasteiger partial charge on any atom is 0.191 e. The van der Waals surface area contributed by atoms with E-state index in [1.807, 2.05) is 19.9 Å². The minimum Gasteiger partial charge on any atom is -0.487 e. The molecule has 0 atom stereocenters. The van der Waals surface area contributed by atoms with Gasteiger partial charge in [0.15, 0.2) is 6.29 Å². The molecule has 1 aromatic rings. The van der Waals surface area contributed by atoms with Crippen molar-refractivity contribution in [1.82, 2.24) is 0 Å². The van der Waals surface area contributed by atoms with E-state index in [0.717, 1.165) is 0 Å². The first-order valence-electron chi connectivity index (χ1n) is 5.66. The lowest BCUT2D eigenvalue weighted by Gasteiger charge is -2.17. The van der Waals surface area contributed by atoms with Gasteiger partial charge in [0.05, 0.1) is 5.56 Å². The number of nitrogens with zero attached hydrogens (tertiary/aromatic N) is 1. The third-order valence-electron chi connectivity index (χ3n) is 2.09. The van der Waals surface area contributed by atoms with Gasteiger partial charge >= 0.3 is 0 Å². The molecular formula is C13H17NO3. The van der Waals surface area contributed by atoms with E-state index in [4.69, 9.17) is 19.5 Å². The minimum atomic E-state index is -0.392. The fourth-order valence-corrected chi connectivity index (χ4v) is 1.36. The Labute approximate surface area is 102 Å². The standard InChI is InChI=1S/C13H17NO3/c1-3-15-13(16-4-2)10-17-12-8-6-5-7-11(12)9-14/h5-8,13H,3-4,10H2,1-2H3. The zero-order valence-corrected chi connectivity index (χ0v) is 10.2. The van der Waals surface area contributed by atoms with Crippen molar-refractivity contribution in [3.8, 4) is 11.8 Å². The van der Waals surface area contributed by atoms with Crippen LogP contribution in [0, 0.1) is 11.3 Å². The number of para-hydroxylation sites is 1. The van der Waals surface area contributed by atoms with Gasteiger partial charge in [0.1, 0.15) is 18.4 Å². The largest absolute Gasteiger partial charge is 0.487 e. The van der Waals surface area contributed by atoms with Crippen molar-refractivity contribution < 1.29 is 14.2 Å². The molecule has 0 aliphatic rings. The van der Waals surface area contributed by atoms with Crippen molar-refractivity contribution in [1.29, 1.82) is 5.26 Å². The highest BCUT2D eigenvalue weighted by Crippen LogP contribution is 2.17. The first kappa shape index (κ1) is 13.5.